The van der Waals surface area contributed by atoms with Crippen LogP contribution in [0.4, 0.5) is 10.1 Å². The molecule has 5 unspecified atom stereocenters. The lowest BCUT2D eigenvalue weighted by atomic mass is 9.85. The van der Waals surface area contributed by atoms with Gasteiger partial charge in [0.05, 0.1) is 42.1 Å². The van der Waals surface area contributed by atoms with Gasteiger partial charge in [0, 0.05) is 22.8 Å². The molecule has 1 saturated carbocycles. The lowest BCUT2D eigenvalue weighted by molar-refractivity contribution is -0.211. The number of benzene rings is 2. The number of ether oxygens (including phenoxy) is 2. The van der Waals surface area contributed by atoms with Gasteiger partial charge in [0.25, 0.3) is 5.91 Å². The van der Waals surface area contributed by atoms with E-state index in [1.165, 1.54) is 41.1 Å². The van der Waals surface area contributed by atoms with Gasteiger partial charge in [-0.05, 0) is 43.2 Å². The summed E-state index contributed by atoms with van der Waals surface area (Å²) >= 11 is 3.37. The van der Waals surface area contributed by atoms with Gasteiger partial charge in [-0.15, -0.1) is 5.10 Å². The second kappa shape index (κ2) is 12.2. The Balaban J connectivity index is 1.53. The fraction of sp³-hybridized carbons (Fsp3) is 0.393. The number of aliphatic hydroxyl groups is 3. The zero-order valence-corrected chi connectivity index (χ0v) is 23.8. The molecule has 218 valence electrons. The molecule has 14 heteroatoms. The quantitative estimate of drug-likeness (QED) is 0.345. The fourth-order valence-corrected chi connectivity index (χ4v) is 5.82. The third-order valence-electron chi connectivity index (χ3n) is 7.65. The molecule has 42 heavy (non-hydrogen) atoms. The smallest absolute Gasteiger partial charge is 0.259 e. The SMILES string of the molecule is COC1C(C(=O)N(c2cc(Br)cc(C#N)c2)[C@@H]2CC[C@H]2O)OC(CO)C(O)C1n1cc(-c2ccc(C#N)c(F)c2)nn1. The Morgan fingerprint density at radius 2 is 2.02 bits per heavy atom. The first-order chi connectivity index (χ1) is 20.2. The number of halogens is 2. The Morgan fingerprint density at radius 3 is 2.62 bits per heavy atom. The molecule has 1 amide bonds. The lowest BCUT2D eigenvalue weighted by Gasteiger charge is -2.47. The summed E-state index contributed by atoms with van der Waals surface area (Å²) in [7, 11) is 1.33. The van der Waals surface area contributed by atoms with Crippen molar-refractivity contribution in [2.45, 2.75) is 55.4 Å². The van der Waals surface area contributed by atoms with E-state index in [4.69, 9.17) is 14.7 Å². The van der Waals surface area contributed by atoms with Crippen molar-refractivity contribution in [2.75, 3.05) is 18.6 Å². The minimum Gasteiger partial charge on any atom is -0.394 e. The van der Waals surface area contributed by atoms with Crippen molar-refractivity contribution < 1.29 is 34.0 Å². The highest BCUT2D eigenvalue weighted by Crippen LogP contribution is 2.38. The van der Waals surface area contributed by atoms with Gasteiger partial charge in [0.15, 0.2) is 6.10 Å². The van der Waals surface area contributed by atoms with Gasteiger partial charge in [0.1, 0.15) is 41.9 Å². The van der Waals surface area contributed by atoms with Gasteiger partial charge in [0.2, 0.25) is 0 Å². The van der Waals surface area contributed by atoms with Crippen molar-refractivity contribution >= 4 is 27.5 Å². The van der Waals surface area contributed by atoms with Crippen molar-refractivity contribution in [3.8, 4) is 23.4 Å². The molecule has 7 atom stereocenters. The summed E-state index contributed by atoms with van der Waals surface area (Å²) in [6.45, 7) is -0.637. The first-order valence-corrected chi connectivity index (χ1v) is 13.8. The van der Waals surface area contributed by atoms with Gasteiger partial charge < -0.3 is 29.7 Å². The molecule has 1 saturated heterocycles. The summed E-state index contributed by atoms with van der Waals surface area (Å²) in [5.74, 6) is -1.35. The highest BCUT2D eigenvalue weighted by molar-refractivity contribution is 9.10. The van der Waals surface area contributed by atoms with Crippen LogP contribution in [0.1, 0.15) is 30.0 Å². The largest absolute Gasteiger partial charge is 0.394 e. The molecule has 12 nitrogen and oxygen atoms in total. The Kier molecular flexibility index (Phi) is 8.65. The van der Waals surface area contributed by atoms with Crippen LogP contribution in [0, 0.1) is 28.5 Å². The number of carbonyl (C=O) groups is 1. The van der Waals surface area contributed by atoms with E-state index >= 15 is 0 Å². The van der Waals surface area contributed by atoms with Gasteiger partial charge >= 0.3 is 0 Å². The molecule has 0 spiro atoms. The van der Waals surface area contributed by atoms with E-state index in [1.807, 2.05) is 0 Å². The Bertz CT molecular complexity index is 1570. The molecular formula is C28H26BrFN6O6. The van der Waals surface area contributed by atoms with E-state index in [9.17, 15) is 29.8 Å². The molecule has 2 heterocycles. The molecule has 3 N–H and O–H groups in total. The normalized spacial score (nSPS) is 27.0. The minimum atomic E-state index is -1.39. The van der Waals surface area contributed by atoms with Gasteiger partial charge in [-0.3, -0.25) is 4.79 Å². The van der Waals surface area contributed by atoms with Gasteiger partial charge in [-0.1, -0.05) is 27.2 Å². The average Bonchev–Trinajstić information content (AvgIpc) is 3.47. The molecular weight excluding hydrogens is 615 g/mol. The molecule has 5 rings (SSSR count). The molecule has 0 bridgehead atoms. The van der Waals surface area contributed by atoms with Crippen LogP contribution in [0.15, 0.2) is 47.1 Å². The summed E-state index contributed by atoms with van der Waals surface area (Å²) in [6.07, 6.45) is -3.55. The highest BCUT2D eigenvalue weighted by Gasteiger charge is 2.52. The summed E-state index contributed by atoms with van der Waals surface area (Å²) in [5.41, 5.74) is 1.06. The first-order valence-electron chi connectivity index (χ1n) is 13.0. The maximum atomic E-state index is 14.3. The third-order valence-corrected chi connectivity index (χ3v) is 8.10. The standard InChI is InChI=1S/C28H26BrFN6O6/c1-41-26-24(35-12-20(33-34-35)15-2-3-16(11-32)19(30)8-15)25(39)23(13-37)42-27(26)28(40)36(21-4-5-22(21)38)18-7-14(10-31)6-17(29)9-18/h2-3,6-9,12,21-27,37-39H,4-5,13H2,1H3/t21-,22-,23?,24?,25?,26?,27?/m1/s1. The van der Waals surface area contributed by atoms with E-state index < -0.39 is 60.9 Å². The van der Waals surface area contributed by atoms with Gasteiger partial charge in [-0.2, -0.15) is 10.5 Å². The topological polar surface area (TPSA) is 178 Å². The average molecular weight is 641 g/mol. The zero-order valence-electron chi connectivity index (χ0n) is 22.2. The van der Waals surface area contributed by atoms with Gasteiger partial charge in [-0.25, -0.2) is 9.07 Å². The maximum Gasteiger partial charge on any atom is 0.259 e. The number of amides is 1. The molecule has 1 aliphatic heterocycles. The van der Waals surface area contributed by atoms with Crippen LogP contribution in [0.3, 0.4) is 0 Å². The maximum absolute atomic E-state index is 14.3. The summed E-state index contributed by atoms with van der Waals surface area (Å²) in [5, 5.41) is 58.5. The van der Waals surface area contributed by atoms with Crippen LogP contribution >= 0.6 is 15.9 Å². The predicted molar refractivity (Wildman–Crippen MR) is 147 cm³/mol. The lowest BCUT2D eigenvalue weighted by Crippen LogP contribution is -2.64. The molecule has 2 aliphatic rings. The zero-order chi connectivity index (χ0) is 30.1. The number of nitrogens with zero attached hydrogens (tertiary/aromatic N) is 6. The number of aliphatic hydroxyl groups excluding tert-OH is 3. The van der Waals surface area contributed by atoms with Crippen molar-refractivity contribution in [3.05, 3.63) is 64.0 Å². The Labute approximate surface area is 248 Å². The number of anilines is 1. The van der Waals surface area contributed by atoms with Crippen LogP contribution < -0.4 is 4.90 Å². The molecule has 2 aromatic carbocycles. The number of aromatic nitrogens is 3. The Morgan fingerprint density at radius 1 is 1.24 bits per heavy atom. The van der Waals surface area contributed by atoms with Crippen molar-refractivity contribution in [2.24, 2.45) is 0 Å². The van der Waals surface area contributed by atoms with Crippen LogP contribution in [0.25, 0.3) is 11.3 Å². The van der Waals surface area contributed by atoms with E-state index in [1.54, 1.807) is 18.2 Å². The fourth-order valence-electron chi connectivity index (χ4n) is 5.34. The van der Waals surface area contributed by atoms with Crippen molar-refractivity contribution in [1.29, 1.82) is 10.5 Å². The number of hydrogen-bond donors (Lipinski definition) is 3. The minimum absolute atomic E-state index is 0.133. The molecule has 2 fully saturated rings. The second-order valence-electron chi connectivity index (χ2n) is 10.1. The van der Waals surface area contributed by atoms with E-state index in [2.05, 4.69) is 32.3 Å². The number of nitriles is 2. The van der Waals surface area contributed by atoms with E-state index in [0.717, 1.165) is 6.07 Å². The van der Waals surface area contributed by atoms with Crippen LogP contribution in [-0.4, -0.2) is 86.5 Å². The van der Waals surface area contributed by atoms with E-state index in [0.29, 0.717) is 28.6 Å². The number of hydrogen-bond acceptors (Lipinski definition) is 10. The van der Waals surface area contributed by atoms with Crippen LogP contribution in [0.5, 0.6) is 0 Å². The van der Waals surface area contributed by atoms with E-state index in [-0.39, 0.29) is 16.8 Å². The molecule has 1 aromatic heterocycles. The highest BCUT2D eigenvalue weighted by atomic mass is 79.9. The predicted octanol–water partition coefficient (Wildman–Crippen LogP) is 1.82. The summed E-state index contributed by atoms with van der Waals surface area (Å²) in [6, 6.07) is 10.8. The molecule has 3 aromatic rings. The number of carbonyl (C=O) groups excluding carboxylic acids is 1. The van der Waals surface area contributed by atoms with Crippen molar-refractivity contribution in [1.82, 2.24) is 15.0 Å². The molecule has 0 radical (unpaired) electrons. The first kappa shape index (κ1) is 29.7. The second-order valence-corrected chi connectivity index (χ2v) is 11.0. The summed E-state index contributed by atoms with van der Waals surface area (Å²) < 4.78 is 27.7. The summed E-state index contributed by atoms with van der Waals surface area (Å²) in [4.78, 5) is 15.6. The number of methoxy groups -OCH3 is 1. The molecule has 1 aliphatic carbocycles. The number of rotatable bonds is 7. The van der Waals surface area contributed by atoms with Crippen molar-refractivity contribution in [3.63, 3.8) is 0 Å². The monoisotopic (exact) mass is 640 g/mol. The van der Waals surface area contributed by atoms with Crippen LogP contribution in [0.2, 0.25) is 0 Å². The third kappa shape index (κ3) is 5.41. The Hall–Kier alpha value is -3.76. The van der Waals surface area contributed by atoms with Crippen LogP contribution in [-0.2, 0) is 14.3 Å².